The van der Waals surface area contributed by atoms with Crippen LogP contribution in [0.4, 0.5) is 0 Å². The van der Waals surface area contributed by atoms with E-state index in [-0.39, 0.29) is 11.7 Å². The van der Waals surface area contributed by atoms with E-state index in [2.05, 4.69) is 0 Å². The molecule has 1 N–H and O–H groups in total. The van der Waals surface area contributed by atoms with Gasteiger partial charge in [0.1, 0.15) is 5.78 Å². The summed E-state index contributed by atoms with van der Waals surface area (Å²) in [5.41, 5.74) is 0. The number of hydrogen-bond donors (Lipinski definition) is 1. The van der Waals surface area contributed by atoms with Crippen molar-refractivity contribution in [3.63, 3.8) is 0 Å². The SMILES string of the molecule is CC(=O)CCCC(C(=O)O)C1CCCCC1. The van der Waals surface area contributed by atoms with Crippen LogP contribution < -0.4 is 0 Å². The highest BCUT2D eigenvalue weighted by Crippen LogP contribution is 2.32. The minimum absolute atomic E-state index is 0.160. The number of carboxylic acids is 1. The van der Waals surface area contributed by atoms with E-state index in [9.17, 15) is 14.7 Å². The number of rotatable bonds is 6. The number of hydrogen-bond acceptors (Lipinski definition) is 2. The first-order valence-corrected chi connectivity index (χ1v) is 6.33. The molecule has 0 amide bonds. The predicted molar refractivity (Wildman–Crippen MR) is 62.2 cm³/mol. The van der Waals surface area contributed by atoms with Gasteiger partial charge >= 0.3 is 5.97 Å². The van der Waals surface area contributed by atoms with Crippen LogP contribution in [0.5, 0.6) is 0 Å². The van der Waals surface area contributed by atoms with E-state index < -0.39 is 5.97 Å². The van der Waals surface area contributed by atoms with Gasteiger partial charge in [-0.3, -0.25) is 4.79 Å². The zero-order valence-electron chi connectivity index (χ0n) is 10.1. The lowest BCUT2D eigenvalue weighted by atomic mass is 9.78. The van der Waals surface area contributed by atoms with Crippen molar-refractivity contribution in [2.75, 3.05) is 0 Å². The maximum atomic E-state index is 11.2. The molecule has 1 aliphatic rings. The average Bonchev–Trinajstić information content (AvgIpc) is 2.25. The fourth-order valence-electron chi connectivity index (χ4n) is 2.67. The van der Waals surface area contributed by atoms with Crippen molar-refractivity contribution in [3.8, 4) is 0 Å². The monoisotopic (exact) mass is 226 g/mol. The summed E-state index contributed by atoms with van der Waals surface area (Å²) in [5.74, 6) is -0.388. The molecule has 1 fully saturated rings. The van der Waals surface area contributed by atoms with Crippen LogP contribution in [0.3, 0.4) is 0 Å². The molecular formula is C13H22O3. The van der Waals surface area contributed by atoms with Gasteiger partial charge in [-0.05, 0) is 38.5 Å². The summed E-state index contributed by atoms with van der Waals surface area (Å²) in [4.78, 5) is 22.0. The van der Waals surface area contributed by atoms with E-state index in [0.29, 0.717) is 18.8 Å². The minimum Gasteiger partial charge on any atom is -0.481 e. The molecule has 16 heavy (non-hydrogen) atoms. The Morgan fingerprint density at radius 2 is 1.88 bits per heavy atom. The molecule has 1 unspecified atom stereocenters. The van der Waals surface area contributed by atoms with Gasteiger partial charge < -0.3 is 9.90 Å². The Hall–Kier alpha value is -0.860. The van der Waals surface area contributed by atoms with Gasteiger partial charge in [-0.15, -0.1) is 0 Å². The van der Waals surface area contributed by atoms with Crippen molar-refractivity contribution in [2.24, 2.45) is 11.8 Å². The van der Waals surface area contributed by atoms with Crippen molar-refractivity contribution in [1.82, 2.24) is 0 Å². The maximum Gasteiger partial charge on any atom is 0.306 e. The lowest BCUT2D eigenvalue weighted by Gasteiger charge is -2.27. The topological polar surface area (TPSA) is 54.4 Å². The van der Waals surface area contributed by atoms with Crippen molar-refractivity contribution in [2.45, 2.75) is 58.3 Å². The second kappa shape index (κ2) is 6.66. The largest absolute Gasteiger partial charge is 0.481 e. The molecular weight excluding hydrogens is 204 g/mol. The number of Topliss-reactive ketones (excluding diaryl/α,β-unsaturated/α-hetero) is 1. The first-order chi connectivity index (χ1) is 7.61. The molecule has 0 aromatic heterocycles. The van der Waals surface area contributed by atoms with Gasteiger partial charge in [0.2, 0.25) is 0 Å². The van der Waals surface area contributed by atoms with E-state index in [0.717, 1.165) is 19.3 Å². The maximum absolute atomic E-state index is 11.2. The third-order valence-corrected chi connectivity index (χ3v) is 3.58. The Balaban J connectivity index is 2.40. The van der Waals surface area contributed by atoms with Crippen molar-refractivity contribution < 1.29 is 14.7 Å². The molecule has 0 aromatic rings. The lowest BCUT2D eigenvalue weighted by molar-refractivity contribution is -0.144. The molecule has 0 spiro atoms. The Kier molecular flexibility index (Phi) is 5.50. The third kappa shape index (κ3) is 4.33. The number of carbonyl (C=O) groups excluding carboxylic acids is 1. The van der Waals surface area contributed by atoms with Crippen LogP contribution >= 0.6 is 0 Å². The highest BCUT2D eigenvalue weighted by atomic mass is 16.4. The second-order valence-corrected chi connectivity index (χ2v) is 4.94. The minimum atomic E-state index is -0.671. The molecule has 1 rings (SSSR count). The second-order valence-electron chi connectivity index (χ2n) is 4.94. The van der Waals surface area contributed by atoms with Gasteiger partial charge in [0, 0.05) is 6.42 Å². The van der Waals surface area contributed by atoms with Gasteiger partial charge in [-0.2, -0.15) is 0 Å². The average molecular weight is 226 g/mol. The first kappa shape index (κ1) is 13.2. The van der Waals surface area contributed by atoms with Gasteiger partial charge in [0.15, 0.2) is 0 Å². The molecule has 1 atom stereocenters. The molecule has 0 bridgehead atoms. The third-order valence-electron chi connectivity index (χ3n) is 3.58. The number of carbonyl (C=O) groups is 2. The molecule has 3 heteroatoms. The highest BCUT2D eigenvalue weighted by Gasteiger charge is 2.28. The molecule has 0 radical (unpaired) electrons. The van der Waals surface area contributed by atoms with Crippen LogP contribution in [0.15, 0.2) is 0 Å². The summed E-state index contributed by atoms with van der Waals surface area (Å²) in [7, 11) is 0. The smallest absolute Gasteiger partial charge is 0.306 e. The van der Waals surface area contributed by atoms with Crippen molar-refractivity contribution >= 4 is 11.8 Å². The van der Waals surface area contributed by atoms with Gasteiger partial charge in [0.05, 0.1) is 5.92 Å². The van der Waals surface area contributed by atoms with Gasteiger partial charge in [0.25, 0.3) is 0 Å². The number of ketones is 1. The fraction of sp³-hybridized carbons (Fsp3) is 0.846. The molecule has 0 saturated heterocycles. The standard InChI is InChI=1S/C13H22O3/c1-10(14)6-5-9-12(13(15)16)11-7-3-2-4-8-11/h11-12H,2-9H2,1H3,(H,15,16). The fourth-order valence-corrected chi connectivity index (χ4v) is 2.67. The van der Waals surface area contributed by atoms with Crippen LogP contribution in [-0.2, 0) is 9.59 Å². The van der Waals surface area contributed by atoms with Crippen LogP contribution in [0.25, 0.3) is 0 Å². The summed E-state index contributed by atoms with van der Waals surface area (Å²) < 4.78 is 0. The zero-order valence-corrected chi connectivity index (χ0v) is 10.1. The molecule has 3 nitrogen and oxygen atoms in total. The summed E-state index contributed by atoms with van der Waals surface area (Å²) in [6.07, 6.45) is 7.60. The van der Waals surface area contributed by atoms with Crippen LogP contribution in [-0.4, -0.2) is 16.9 Å². The van der Waals surface area contributed by atoms with Crippen LogP contribution in [0.2, 0.25) is 0 Å². The van der Waals surface area contributed by atoms with E-state index in [1.54, 1.807) is 6.92 Å². The summed E-state index contributed by atoms with van der Waals surface area (Å²) in [5, 5.41) is 9.21. The summed E-state index contributed by atoms with van der Waals surface area (Å²) in [6.45, 7) is 1.57. The first-order valence-electron chi connectivity index (χ1n) is 6.33. The zero-order chi connectivity index (χ0) is 12.0. The van der Waals surface area contributed by atoms with Gasteiger partial charge in [-0.1, -0.05) is 19.3 Å². The van der Waals surface area contributed by atoms with Crippen molar-refractivity contribution in [3.05, 3.63) is 0 Å². The Morgan fingerprint density at radius 3 is 2.38 bits per heavy atom. The molecule has 1 saturated carbocycles. The molecule has 0 aliphatic heterocycles. The van der Waals surface area contributed by atoms with Crippen molar-refractivity contribution in [1.29, 1.82) is 0 Å². The molecule has 1 aliphatic carbocycles. The highest BCUT2D eigenvalue weighted by molar-refractivity contribution is 5.75. The lowest BCUT2D eigenvalue weighted by Crippen LogP contribution is -2.25. The van der Waals surface area contributed by atoms with Gasteiger partial charge in [-0.25, -0.2) is 0 Å². The number of aliphatic carboxylic acids is 1. The van der Waals surface area contributed by atoms with E-state index in [1.165, 1.54) is 19.3 Å². The quantitative estimate of drug-likeness (QED) is 0.757. The van der Waals surface area contributed by atoms with E-state index >= 15 is 0 Å². The summed E-state index contributed by atoms with van der Waals surface area (Å²) >= 11 is 0. The molecule has 0 heterocycles. The Morgan fingerprint density at radius 1 is 1.25 bits per heavy atom. The predicted octanol–water partition coefficient (Wildman–Crippen LogP) is 3.03. The van der Waals surface area contributed by atoms with E-state index in [1.807, 2.05) is 0 Å². The Bertz CT molecular complexity index is 242. The van der Waals surface area contributed by atoms with E-state index in [4.69, 9.17) is 0 Å². The number of carboxylic acid groups (broad SMARTS) is 1. The molecule has 92 valence electrons. The van der Waals surface area contributed by atoms with Crippen LogP contribution in [0, 0.1) is 11.8 Å². The normalized spacial score (nSPS) is 19.3. The van der Waals surface area contributed by atoms with Crippen LogP contribution in [0.1, 0.15) is 58.3 Å². The summed E-state index contributed by atoms with van der Waals surface area (Å²) in [6, 6.07) is 0. The molecule has 0 aromatic carbocycles. The Labute approximate surface area is 97.2 Å².